The molecule has 2 aliphatic heterocycles. The molecule has 10 heteroatoms. The van der Waals surface area contributed by atoms with E-state index in [0.717, 1.165) is 61.1 Å². The molecule has 224 valence electrons. The summed E-state index contributed by atoms with van der Waals surface area (Å²) >= 11 is 16.0. The van der Waals surface area contributed by atoms with Gasteiger partial charge in [-0.15, -0.1) is 0 Å². The summed E-state index contributed by atoms with van der Waals surface area (Å²) in [6, 6.07) is 23.7. The second-order valence-corrected chi connectivity index (χ2v) is 12.2. The standard InChI is InChI=1S/C33H33BrCl2N4O3/c1-23-25(18-37-32(38-23)24-5-3-2-4-6-24)19-39-13-15-40(16-14-39)27-8-10-28(11-9-27)41-20-29-21-42-33(22-34,43-29)30-12-7-26(35)17-31(30)36/h2-12,17-18,29H,13-16,19-22H2,1H3. The maximum atomic E-state index is 6.44. The molecule has 0 N–H and O–H groups in total. The number of aromatic nitrogens is 2. The summed E-state index contributed by atoms with van der Waals surface area (Å²) in [6.45, 7) is 7.56. The summed E-state index contributed by atoms with van der Waals surface area (Å²) in [4.78, 5) is 14.3. The van der Waals surface area contributed by atoms with Gasteiger partial charge in [0.15, 0.2) is 5.82 Å². The van der Waals surface area contributed by atoms with Crippen molar-refractivity contribution >= 4 is 44.8 Å². The van der Waals surface area contributed by atoms with E-state index in [1.165, 1.54) is 11.3 Å². The van der Waals surface area contributed by atoms with Gasteiger partial charge in [0.2, 0.25) is 5.79 Å². The molecular weight excluding hydrogens is 651 g/mol. The van der Waals surface area contributed by atoms with Crippen molar-refractivity contribution in [1.29, 1.82) is 0 Å². The predicted octanol–water partition coefficient (Wildman–Crippen LogP) is 7.12. The average molecular weight is 684 g/mol. The van der Waals surface area contributed by atoms with Gasteiger partial charge in [-0.3, -0.25) is 4.90 Å². The summed E-state index contributed by atoms with van der Waals surface area (Å²) < 4.78 is 18.4. The van der Waals surface area contributed by atoms with Crippen LogP contribution in [-0.2, 0) is 21.8 Å². The van der Waals surface area contributed by atoms with Crippen molar-refractivity contribution in [2.75, 3.05) is 49.6 Å². The second kappa shape index (κ2) is 13.5. The van der Waals surface area contributed by atoms with E-state index < -0.39 is 5.79 Å². The SMILES string of the molecule is Cc1nc(-c2ccccc2)ncc1CN1CCN(c2ccc(OCC3COC(CBr)(c4ccc(Cl)cc4Cl)O3)cc2)CC1. The van der Waals surface area contributed by atoms with Gasteiger partial charge in [0.1, 0.15) is 18.5 Å². The van der Waals surface area contributed by atoms with E-state index in [4.69, 9.17) is 42.4 Å². The van der Waals surface area contributed by atoms with Crippen molar-refractivity contribution in [3.63, 3.8) is 0 Å². The van der Waals surface area contributed by atoms with E-state index in [1.54, 1.807) is 12.1 Å². The number of aryl methyl sites for hydroxylation is 1. The highest BCUT2D eigenvalue weighted by molar-refractivity contribution is 9.09. The lowest BCUT2D eigenvalue weighted by molar-refractivity contribution is -0.159. The summed E-state index contributed by atoms with van der Waals surface area (Å²) in [5, 5.41) is 1.51. The lowest BCUT2D eigenvalue weighted by Crippen LogP contribution is -2.46. The minimum absolute atomic E-state index is 0.236. The van der Waals surface area contributed by atoms with Gasteiger partial charge in [0.25, 0.3) is 0 Å². The number of anilines is 1. The van der Waals surface area contributed by atoms with Gasteiger partial charge >= 0.3 is 0 Å². The van der Waals surface area contributed by atoms with Gasteiger partial charge in [0, 0.05) is 72.0 Å². The molecule has 0 saturated carbocycles. The molecule has 2 atom stereocenters. The number of alkyl halides is 1. The number of piperazine rings is 1. The van der Waals surface area contributed by atoms with Crippen molar-refractivity contribution in [1.82, 2.24) is 14.9 Å². The predicted molar refractivity (Wildman–Crippen MR) is 174 cm³/mol. The fourth-order valence-electron chi connectivity index (χ4n) is 5.45. The third-order valence-electron chi connectivity index (χ3n) is 7.89. The normalized spacial score (nSPS) is 20.8. The van der Waals surface area contributed by atoms with Crippen molar-refractivity contribution in [2.24, 2.45) is 0 Å². The zero-order chi connectivity index (χ0) is 29.8. The van der Waals surface area contributed by atoms with Crippen LogP contribution in [0, 0.1) is 6.92 Å². The van der Waals surface area contributed by atoms with E-state index >= 15 is 0 Å². The van der Waals surface area contributed by atoms with Crippen molar-refractivity contribution in [3.05, 3.63) is 106 Å². The van der Waals surface area contributed by atoms with Crippen LogP contribution >= 0.6 is 39.1 Å². The summed E-state index contributed by atoms with van der Waals surface area (Å²) in [7, 11) is 0. The number of ether oxygens (including phenoxy) is 3. The van der Waals surface area contributed by atoms with Crippen molar-refractivity contribution < 1.29 is 14.2 Å². The Kier molecular flexibility index (Phi) is 9.52. The fraction of sp³-hybridized carbons (Fsp3) is 0.333. The van der Waals surface area contributed by atoms with Gasteiger partial charge in [-0.1, -0.05) is 75.5 Å². The highest BCUT2D eigenvalue weighted by Gasteiger charge is 2.44. The molecule has 0 amide bonds. The fourth-order valence-corrected chi connectivity index (χ4v) is 6.60. The molecule has 6 rings (SSSR count). The maximum absolute atomic E-state index is 6.44. The van der Waals surface area contributed by atoms with Crippen LogP contribution in [0.5, 0.6) is 5.75 Å². The average Bonchev–Trinajstić information content (AvgIpc) is 3.46. The van der Waals surface area contributed by atoms with E-state index in [0.29, 0.717) is 28.6 Å². The Morgan fingerprint density at radius 1 is 1.00 bits per heavy atom. The Hall–Kier alpha value is -2.72. The van der Waals surface area contributed by atoms with Crippen LogP contribution in [0.1, 0.15) is 16.8 Å². The highest BCUT2D eigenvalue weighted by atomic mass is 79.9. The molecule has 2 unspecified atom stereocenters. The van der Waals surface area contributed by atoms with E-state index in [1.807, 2.05) is 54.7 Å². The third kappa shape index (κ3) is 7.00. The molecule has 2 aliphatic rings. The maximum Gasteiger partial charge on any atom is 0.206 e. The quantitative estimate of drug-likeness (QED) is 0.174. The molecule has 1 aromatic heterocycles. The Labute approximate surface area is 270 Å². The van der Waals surface area contributed by atoms with Crippen LogP contribution in [-0.4, -0.2) is 65.7 Å². The lowest BCUT2D eigenvalue weighted by Gasteiger charge is -2.36. The topological polar surface area (TPSA) is 60.0 Å². The number of halogens is 3. The molecule has 43 heavy (non-hydrogen) atoms. The molecule has 0 spiro atoms. The van der Waals surface area contributed by atoms with Crippen molar-refractivity contribution in [2.45, 2.75) is 25.4 Å². The molecule has 3 aromatic carbocycles. The van der Waals surface area contributed by atoms with Gasteiger partial charge in [-0.2, -0.15) is 0 Å². The van der Waals surface area contributed by atoms with Crippen LogP contribution in [0.25, 0.3) is 11.4 Å². The van der Waals surface area contributed by atoms with Gasteiger partial charge in [-0.25, -0.2) is 9.97 Å². The van der Waals surface area contributed by atoms with E-state index in [-0.39, 0.29) is 6.10 Å². The first-order chi connectivity index (χ1) is 20.9. The number of rotatable bonds is 9. The van der Waals surface area contributed by atoms with Gasteiger partial charge < -0.3 is 19.1 Å². The number of hydrogen-bond acceptors (Lipinski definition) is 7. The van der Waals surface area contributed by atoms with Crippen LogP contribution in [0.3, 0.4) is 0 Å². The lowest BCUT2D eigenvalue weighted by atomic mass is 10.1. The van der Waals surface area contributed by atoms with Crippen LogP contribution in [0.4, 0.5) is 5.69 Å². The van der Waals surface area contributed by atoms with E-state index in [9.17, 15) is 0 Å². The smallest absolute Gasteiger partial charge is 0.206 e. The first-order valence-corrected chi connectivity index (χ1v) is 16.2. The Morgan fingerprint density at radius 3 is 2.47 bits per heavy atom. The van der Waals surface area contributed by atoms with Crippen molar-refractivity contribution in [3.8, 4) is 17.1 Å². The van der Waals surface area contributed by atoms with Gasteiger partial charge in [0.05, 0.1) is 17.0 Å². The Morgan fingerprint density at radius 2 is 1.77 bits per heavy atom. The summed E-state index contributed by atoms with van der Waals surface area (Å²) in [5.74, 6) is 0.596. The number of nitrogens with zero attached hydrogens (tertiary/aromatic N) is 4. The molecule has 0 radical (unpaired) electrons. The molecule has 0 bridgehead atoms. The molecule has 4 aromatic rings. The van der Waals surface area contributed by atoms with Crippen LogP contribution < -0.4 is 9.64 Å². The summed E-state index contributed by atoms with van der Waals surface area (Å²) in [5.41, 5.74) is 5.19. The van der Waals surface area contributed by atoms with E-state index in [2.05, 4.69) is 49.8 Å². The first-order valence-electron chi connectivity index (χ1n) is 14.3. The highest BCUT2D eigenvalue weighted by Crippen LogP contribution is 2.40. The molecule has 2 fully saturated rings. The monoisotopic (exact) mass is 682 g/mol. The van der Waals surface area contributed by atoms with Crippen LogP contribution in [0.2, 0.25) is 10.0 Å². The zero-order valence-corrected chi connectivity index (χ0v) is 27.0. The molecule has 7 nitrogen and oxygen atoms in total. The largest absolute Gasteiger partial charge is 0.491 e. The Balaban J connectivity index is 0.982. The number of benzene rings is 3. The number of hydrogen-bond donors (Lipinski definition) is 0. The molecule has 0 aliphatic carbocycles. The minimum Gasteiger partial charge on any atom is -0.491 e. The third-order valence-corrected chi connectivity index (χ3v) is 9.18. The van der Waals surface area contributed by atoms with Crippen LogP contribution in [0.15, 0.2) is 79.0 Å². The molecular formula is C33H33BrCl2N4O3. The Bertz CT molecular complexity index is 1540. The molecule has 3 heterocycles. The molecule has 2 saturated heterocycles. The summed E-state index contributed by atoms with van der Waals surface area (Å²) in [6.07, 6.45) is 1.74. The zero-order valence-electron chi connectivity index (χ0n) is 23.9. The van der Waals surface area contributed by atoms with Gasteiger partial charge in [-0.05, 0) is 43.3 Å². The second-order valence-electron chi connectivity index (χ2n) is 10.8. The first kappa shape index (κ1) is 30.3. The minimum atomic E-state index is -0.973.